The van der Waals surface area contributed by atoms with E-state index in [9.17, 15) is 0 Å². The van der Waals surface area contributed by atoms with Crippen molar-refractivity contribution in [2.45, 2.75) is 128 Å². The average molecular weight is 1260 g/mol. The average Bonchev–Trinajstić information content (AvgIpc) is 1.61. The summed E-state index contributed by atoms with van der Waals surface area (Å²) in [6, 6.07) is 97.5. The summed E-state index contributed by atoms with van der Waals surface area (Å²) in [5.74, 6) is -0.307. The Morgan fingerprint density at radius 2 is 0.629 bits per heavy atom. The van der Waals surface area contributed by atoms with Gasteiger partial charge in [0.2, 0.25) is 0 Å². The first-order valence-electron chi connectivity index (χ1n) is 35.9. The van der Waals surface area contributed by atoms with Gasteiger partial charge in [-0.05, 0) is 280 Å². The molecule has 3 aliphatic carbocycles. The quantitative estimate of drug-likeness (QED) is 0.0885. The number of nitrogens with zero attached hydrogens (tertiary/aromatic N) is 1. The van der Waals surface area contributed by atoms with Crippen LogP contribution in [0.5, 0.6) is 0 Å². The fourth-order valence-corrected chi connectivity index (χ4v) is 18.8. The fraction of sp³-hybridized carbons (Fsp3) is 0.211. The smallest absolute Gasteiger partial charge is 0.124 e. The topological polar surface area (TPSA) is 12.9 Å². The molecular formula is C95H84FN. The molecule has 0 amide bonds. The fourth-order valence-electron chi connectivity index (χ4n) is 18.8. The molecular weight excluding hydrogens is 1170 g/mol. The zero-order valence-electron chi connectivity index (χ0n) is 57.4. The Morgan fingerprint density at radius 1 is 0.268 bits per heavy atom. The molecule has 0 saturated carbocycles. The number of aromatic nitrogens is 1. The summed E-state index contributed by atoms with van der Waals surface area (Å²) in [7, 11) is 0. The number of halogens is 1. The van der Waals surface area contributed by atoms with Crippen molar-refractivity contribution in [2.75, 3.05) is 0 Å². The molecule has 0 saturated heterocycles. The maximum absolute atomic E-state index is 17.1. The van der Waals surface area contributed by atoms with E-state index in [2.05, 4.69) is 304 Å². The predicted octanol–water partition coefficient (Wildman–Crippen LogP) is 26.4. The van der Waals surface area contributed by atoms with Crippen LogP contribution < -0.4 is 0 Å². The van der Waals surface area contributed by atoms with E-state index in [1.807, 2.05) is 6.20 Å². The van der Waals surface area contributed by atoms with Crippen LogP contribution in [-0.2, 0) is 21.7 Å². The van der Waals surface area contributed by atoms with Gasteiger partial charge in [-0.25, -0.2) is 4.39 Å². The van der Waals surface area contributed by atoms with E-state index in [0.717, 1.165) is 118 Å². The standard InChI is InChI=1S/C95H84FN/c1-9-92(10-2,73-29-18-17-19-30-73)74-31-26-28-61(55-74)65-48-66(62-40-43-81-78-32-20-23-37-85(78)93(11-3,12-4)88(81)58-62)51-69(50-65)70-54-72(57-75(96)56-70)91-84-36-27-35-76(77(84)46-47-97-91)71-52-67(63-41-44-82-79-33-21-24-38-86(79)94(13-5,14-6)89(82)59-63)49-68(53-71)64-42-45-83-80-34-22-25-39-87(80)95(15-7,16-8)90(83)60-64/h17-60H,9-16H2,1-8H3. The second-order valence-electron chi connectivity index (χ2n) is 27.9. The van der Waals surface area contributed by atoms with Crippen LogP contribution in [0.3, 0.4) is 0 Å². The molecule has 476 valence electrons. The molecule has 0 N–H and O–H groups in total. The minimum Gasteiger partial charge on any atom is -0.256 e. The molecule has 2 heteroatoms. The lowest BCUT2D eigenvalue weighted by atomic mass is 9.70. The minimum atomic E-state index is -0.307. The Hall–Kier alpha value is -10.0. The first-order chi connectivity index (χ1) is 47.5. The summed E-state index contributed by atoms with van der Waals surface area (Å²) in [4.78, 5) is 5.20. The highest BCUT2D eigenvalue weighted by Crippen LogP contribution is 2.57. The monoisotopic (exact) mass is 1260 g/mol. The summed E-state index contributed by atoms with van der Waals surface area (Å²) < 4.78 is 17.1. The van der Waals surface area contributed by atoms with Gasteiger partial charge in [0.05, 0.1) is 5.69 Å². The third-order valence-corrected chi connectivity index (χ3v) is 24.2. The Labute approximate surface area is 573 Å². The van der Waals surface area contributed by atoms with E-state index in [-0.39, 0.29) is 27.5 Å². The lowest BCUT2D eigenvalue weighted by Gasteiger charge is -2.33. The van der Waals surface area contributed by atoms with Gasteiger partial charge >= 0.3 is 0 Å². The summed E-state index contributed by atoms with van der Waals surface area (Å²) in [5.41, 5.74) is 33.5. The molecule has 1 aromatic heterocycles. The summed E-state index contributed by atoms with van der Waals surface area (Å²) in [6.45, 7) is 18.7. The van der Waals surface area contributed by atoms with Gasteiger partial charge < -0.3 is 0 Å². The van der Waals surface area contributed by atoms with Crippen molar-refractivity contribution in [1.29, 1.82) is 0 Å². The van der Waals surface area contributed by atoms with Gasteiger partial charge in [0.15, 0.2) is 0 Å². The van der Waals surface area contributed by atoms with Crippen LogP contribution in [0.4, 0.5) is 4.39 Å². The zero-order chi connectivity index (χ0) is 66.4. The number of fused-ring (bicyclic) bond motifs is 10. The Morgan fingerprint density at radius 3 is 1.09 bits per heavy atom. The highest BCUT2D eigenvalue weighted by Gasteiger charge is 2.43. The van der Waals surface area contributed by atoms with Gasteiger partial charge in [-0.3, -0.25) is 4.98 Å². The maximum Gasteiger partial charge on any atom is 0.124 e. The maximum atomic E-state index is 17.1. The van der Waals surface area contributed by atoms with E-state index in [0.29, 0.717) is 0 Å². The van der Waals surface area contributed by atoms with E-state index in [4.69, 9.17) is 4.98 Å². The van der Waals surface area contributed by atoms with Crippen molar-refractivity contribution in [1.82, 2.24) is 4.98 Å². The van der Waals surface area contributed by atoms with Crippen LogP contribution in [0.25, 0.3) is 122 Å². The van der Waals surface area contributed by atoms with Gasteiger partial charge in [0, 0.05) is 38.8 Å². The first kappa shape index (κ1) is 61.8. The van der Waals surface area contributed by atoms with Crippen molar-refractivity contribution in [3.63, 3.8) is 0 Å². The van der Waals surface area contributed by atoms with Crippen LogP contribution in [-0.4, -0.2) is 4.98 Å². The van der Waals surface area contributed by atoms with Crippen molar-refractivity contribution in [2.24, 2.45) is 0 Å². The van der Waals surface area contributed by atoms with Crippen LogP contribution in [0.15, 0.2) is 267 Å². The molecule has 1 nitrogen and oxygen atoms in total. The summed E-state index contributed by atoms with van der Waals surface area (Å²) in [5, 5.41) is 2.03. The van der Waals surface area contributed by atoms with Crippen molar-refractivity contribution >= 4 is 10.8 Å². The van der Waals surface area contributed by atoms with Gasteiger partial charge in [-0.2, -0.15) is 0 Å². The molecule has 12 aromatic carbocycles. The molecule has 0 spiro atoms. The Balaban J connectivity index is 0.850. The number of hydrogen-bond acceptors (Lipinski definition) is 1. The van der Waals surface area contributed by atoms with Gasteiger partial charge in [0.25, 0.3) is 0 Å². The van der Waals surface area contributed by atoms with Crippen LogP contribution in [0.2, 0.25) is 0 Å². The molecule has 1 heterocycles. The van der Waals surface area contributed by atoms with E-state index < -0.39 is 0 Å². The Kier molecular flexibility index (Phi) is 15.5. The number of hydrogen-bond donors (Lipinski definition) is 0. The van der Waals surface area contributed by atoms with Crippen molar-refractivity contribution in [3.05, 3.63) is 317 Å². The largest absolute Gasteiger partial charge is 0.256 e. The van der Waals surface area contributed by atoms with E-state index in [1.54, 1.807) is 12.1 Å². The first-order valence-corrected chi connectivity index (χ1v) is 35.9. The molecule has 13 aromatic rings. The molecule has 0 unspecified atom stereocenters. The third-order valence-electron chi connectivity index (χ3n) is 24.2. The van der Waals surface area contributed by atoms with E-state index in [1.165, 1.54) is 100 Å². The van der Waals surface area contributed by atoms with Crippen molar-refractivity contribution < 1.29 is 4.39 Å². The molecule has 97 heavy (non-hydrogen) atoms. The summed E-state index contributed by atoms with van der Waals surface area (Å²) in [6.07, 6.45) is 9.95. The highest BCUT2D eigenvalue weighted by molar-refractivity contribution is 6.04. The Bertz CT molecular complexity index is 5110. The number of rotatable bonds is 17. The molecule has 0 atom stereocenters. The summed E-state index contributed by atoms with van der Waals surface area (Å²) >= 11 is 0. The minimum absolute atomic E-state index is 0.0699. The molecule has 0 bridgehead atoms. The normalized spacial score (nSPS) is 14.2. The molecule has 0 radical (unpaired) electrons. The molecule has 16 rings (SSSR count). The lowest BCUT2D eigenvalue weighted by Crippen LogP contribution is -2.26. The molecule has 3 aliphatic rings. The zero-order valence-corrected chi connectivity index (χ0v) is 57.4. The molecule has 0 aliphatic heterocycles. The second-order valence-corrected chi connectivity index (χ2v) is 27.9. The highest BCUT2D eigenvalue weighted by atomic mass is 19.1. The number of pyridine rings is 1. The SMILES string of the molecule is CCC(CC)(c1ccccc1)c1cccc(-c2cc(-c3cc(F)cc(-c4nccc5c(-c6cc(-c7ccc8c(c7)C(CC)(CC)c7ccccc7-8)cc(-c7ccc8c(c7)C(CC)(CC)c7ccccc7-8)c6)cccc45)c3)cc(-c3ccc4c(c3)C(CC)(CC)c3ccccc3-4)c2)c1. The number of benzene rings is 12. The van der Waals surface area contributed by atoms with Gasteiger partial charge in [-0.1, -0.05) is 237 Å². The second kappa shape index (κ2) is 24.3. The predicted molar refractivity (Wildman–Crippen MR) is 408 cm³/mol. The lowest BCUT2D eigenvalue weighted by molar-refractivity contribution is 0.478. The van der Waals surface area contributed by atoms with Gasteiger partial charge in [0.1, 0.15) is 5.82 Å². The van der Waals surface area contributed by atoms with Crippen molar-refractivity contribution in [3.8, 4) is 111 Å². The van der Waals surface area contributed by atoms with E-state index >= 15 is 4.39 Å². The van der Waals surface area contributed by atoms with Crippen LogP contribution in [0.1, 0.15) is 151 Å². The van der Waals surface area contributed by atoms with Gasteiger partial charge in [-0.15, -0.1) is 0 Å². The molecule has 0 fully saturated rings. The van der Waals surface area contributed by atoms with Crippen LogP contribution in [0, 0.1) is 5.82 Å². The van der Waals surface area contributed by atoms with Crippen LogP contribution >= 0.6 is 0 Å². The third kappa shape index (κ3) is 9.55.